The zero-order valence-electron chi connectivity index (χ0n) is 8.79. The Morgan fingerprint density at radius 1 is 1.36 bits per heavy atom. The van der Waals surface area contributed by atoms with Crippen LogP contribution in [0.3, 0.4) is 0 Å². The number of thioether (sulfide) groups is 1. The van der Waals surface area contributed by atoms with E-state index in [4.69, 9.17) is 5.11 Å². The van der Waals surface area contributed by atoms with Gasteiger partial charge in [0, 0.05) is 17.7 Å². The van der Waals surface area contributed by atoms with Crippen molar-refractivity contribution in [2.45, 2.75) is 20.8 Å². The number of rotatable bonds is 5. The van der Waals surface area contributed by atoms with E-state index in [9.17, 15) is 9.59 Å². The van der Waals surface area contributed by atoms with Gasteiger partial charge >= 0.3 is 5.97 Å². The van der Waals surface area contributed by atoms with Crippen LogP contribution < -0.4 is 5.32 Å². The number of amides is 1. The molecule has 0 atom stereocenters. The number of aliphatic carboxylic acids is 1. The third kappa shape index (κ3) is 6.77. The maximum atomic E-state index is 11.3. The van der Waals surface area contributed by atoms with E-state index in [0.717, 1.165) is 0 Å². The SMILES string of the molecule is CC(C)(C)C(=O)NCCSCC(=O)O. The minimum Gasteiger partial charge on any atom is -0.481 e. The van der Waals surface area contributed by atoms with E-state index in [2.05, 4.69) is 5.32 Å². The summed E-state index contributed by atoms with van der Waals surface area (Å²) in [6.07, 6.45) is 0. The Morgan fingerprint density at radius 3 is 2.36 bits per heavy atom. The van der Waals surface area contributed by atoms with Crippen LogP contribution in [0.5, 0.6) is 0 Å². The van der Waals surface area contributed by atoms with Crippen LogP contribution in [0.1, 0.15) is 20.8 Å². The van der Waals surface area contributed by atoms with Gasteiger partial charge in [-0.15, -0.1) is 11.8 Å². The Labute approximate surface area is 88.4 Å². The molecule has 0 saturated heterocycles. The number of hydrogen-bond acceptors (Lipinski definition) is 3. The van der Waals surface area contributed by atoms with Crippen LogP contribution in [0.15, 0.2) is 0 Å². The number of nitrogens with one attached hydrogen (secondary N) is 1. The van der Waals surface area contributed by atoms with Crippen LogP contribution in [-0.2, 0) is 9.59 Å². The quantitative estimate of drug-likeness (QED) is 0.676. The van der Waals surface area contributed by atoms with Crippen molar-refractivity contribution < 1.29 is 14.7 Å². The summed E-state index contributed by atoms with van der Waals surface area (Å²) in [5, 5.41) is 11.1. The average Bonchev–Trinajstić information content (AvgIpc) is 2.01. The molecule has 0 aromatic rings. The fourth-order valence-electron chi connectivity index (χ4n) is 0.661. The van der Waals surface area contributed by atoms with Crippen molar-refractivity contribution in [1.29, 1.82) is 0 Å². The minimum atomic E-state index is -0.822. The predicted molar refractivity (Wildman–Crippen MR) is 57.4 cm³/mol. The first-order valence-corrected chi connectivity index (χ1v) is 5.57. The van der Waals surface area contributed by atoms with E-state index in [-0.39, 0.29) is 17.1 Å². The molecule has 0 aromatic heterocycles. The highest BCUT2D eigenvalue weighted by atomic mass is 32.2. The molecule has 0 heterocycles. The summed E-state index contributed by atoms with van der Waals surface area (Å²) in [7, 11) is 0. The number of carbonyl (C=O) groups excluding carboxylic acids is 1. The molecule has 0 unspecified atom stereocenters. The molecular formula is C9H17NO3S. The third-order valence-corrected chi connectivity index (χ3v) is 2.38. The van der Waals surface area contributed by atoms with Crippen molar-refractivity contribution in [3.05, 3.63) is 0 Å². The van der Waals surface area contributed by atoms with Crippen LogP contribution in [-0.4, -0.2) is 35.0 Å². The van der Waals surface area contributed by atoms with Crippen molar-refractivity contribution >= 4 is 23.6 Å². The van der Waals surface area contributed by atoms with Crippen molar-refractivity contribution in [2.24, 2.45) is 5.41 Å². The Hall–Kier alpha value is -0.710. The number of hydrogen-bond donors (Lipinski definition) is 2. The summed E-state index contributed by atoms with van der Waals surface area (Å²) in [5.74, 6) is -0.106. The summed E-state index contributed by atoms with van der Waals surface area (Å²) in [6, 6.07) is 0. The highest BCUT2D eigenvalue weighted by Gasteiger charge is 2.20. The number of carboxylic acids is 1. The van der Waals surface area contributed by atoms with Crippen LogP contribution in [0, 0.1) is 5.41 Å². The van der Waals surface area contributed by atoms with Gasteiger partial charge in [-0.3, -0.25) is 9.59 Å². The van der Waals surface area contributed by atoms with Crippen LogP contribution >= 0.6 is 11.8 Å². The van der Waals surface area contributed by atoms with Crippen molar-refractivity contribution in [1.82, 2.24) is 5.32 Å². The van der Waals surface area contributed by atoms with Crippen molar-refractivity contribution in [3.8, 4) is 0 Å². The van der Waals surface area contributed by atoms with Gasteiger partial charge in [0.05, 0.1) is 5.75 Å². The van der Waals surface area contributed by atoms with E-state index < -0.39 is 5.97 Å². The lowest BCUT2D eigenvalue weighted by molar-refractivity contribution is -0.134. The van der Waals surface area contributed by atoms with Gasteiger partial charge in [0.25, 0.3) is 0 Å². The molecule has 1 amide bonds. The molecule has 5 heteroatoms. The lowest BCUT2D eigenvalue weighted by Gasteiger charge is -2.17. The molecule has 0 aliphatic carbocycles. The zero-order chi connectivity index (χ0) is 11.2. The van der Waals surface area contributed by atoms with E-state index in [1.807, 2.05) is 20.8 Å². The smallest absolute Gasteiger partial charge is 0.313 e. The maximum Gasteiger partial charge on any atom is 0.313 e. The molecule has 14 heavy (non-hydrogen) atoms. The second-order valence-corrected chi connectivity index (χ2v) is 5.06. The van der Waals surface area contributed by atoms with Gasteiger partial charge < -0.3 is 10.4 Å². The largest absolute Gasteiger partial charge is 0.481 e. The highest BCUT2D eigenvalue weighted by molar-refractivity contribution is 7.99. The van der Waals surface area contributed by atoms with Gasteiger partial charge in [0.1, 0.15) is 0 Å². The van der Waals surface area contributed by atoms with Gasteiger partial charge in [-0.1, -0.05) is 20.8 Å². The first kappa shape index (κ1) is 13.3. The molecule has 0 rings (SSSR count). The van der Waals surface area contributed by atoms with Gasteiger partial charge in [-0.05, 0) is 0 Å². The predicted octanol–water partition coefficient (Wildman–Crippen LogP) is 0.967. The van der Waals surface area contributed by atoms with E-state index in [1.165, 1.54) is 11.8 Å². The Kier molecular flexibility index (Phi) is 5.60. The second-order valence-electron chi connectivity index (χ2n) is 3.95. The summed E-state index contributed by atoms with van der Waals surface area (Å²) in [4.78, 5) is 21.5. The molecule has 0 aromatic carbocycles. The summed E-state index contributed by atoms with van der Waals surface area (Å²) >= 11 is 1.30. The summed E-state index contributed by atoms with van der Waals surface area (Å²) in [6.45, 7) is 6.04. The van der Waals surface area contributed by atoms with Gasteiger partial charge in [0.2, 0.25) is 5.91 Å². The van der Waals surface area contributed by atoms with E-state index in [1.54, 1.807) is 0 Å². The maximum absolute atomic E-state index is 11.3. The topological polar surface area (TPSA) is 66.4 Å². The lowest BCUT2D eigenvalue weighted by atomic mass is 9.96. The number of carbonyl (C=O) groups is 2. The minimum absolute atomic E-state index is 0.00609. The molecule has 0 fully saturated rings. The monoisotopic (exact) mass is 219 g/mol. The first-order chi connectivity index (χ1) is 6.34. The lowest BCUT2D eigenvalue weighted by Crippen LogP contribution is -2.36. The Balaban J connectivity index is 3.46. The standard InChI is InChI=1S/C9H17NO3S/c1-9(2,3)8(13)10-4-5-14-6-7(11)12/h4-6H2,1-3H3,(H,10,13)(H,11,12). The van der Waals surface area contributed by atoms with Crippen LogP contribution in [0.4, 0.5) is 0 Å². The first-order valence-electron chi connectivity index (χ1n) is 4.42. The van der Waals surface area contributed by atoms with Gasteiger partial charge in [0.15, 0.2) is 0 Å². The third-order valence-electron chi connectivity index (χ3n) is 1.44. The van der Waals surface area contributed by atoms with Crippen molar-refractivity contribution in [2.75, 3.05) is 18.1 Å². The highest BCUT2D eigenvalue weighted by Crippen LogP contribution is 2.12. The number of carboxylic acid groups (broad SMARTS) is 1. The molecule has 0 saturated carbocycles. The normalized spacial score (nSPS) is 11.1. The zero-order valence-corrected chi connectivity index (χ0v) is 9.61. The molecule has 4 nitrogen and oxygen atoms in total. The van der Waals surface area contributed by atoms with Gasteiger partial charge in [-0.25, -0.2) is 0 Å². The molecule has 0 aliphatic rings. The molecule has 0 aliphatic heterocycles. The second kappa shape index (κ2) is 5.90. The Bertz CT molecular complexity index is 211. The van der Waals surface area contributed by atoms with Crippen molar-refractivity contribution in [3.63, 3.8) is 0 Å². The molecule has 2 N–H and O–H groups in total. The average molecular weight is 219 g/mol. The Morgan fingerprint density at radius 2 is 1.93 bits per heavy atom. The molecule has 0 radical (unpaired) electrons. The fourth-order valence-corrected chi connectivity index (χ4v) is 1.23. The van der Waals surface area contributed by atoms with E-state index >= 15 is 0 Å². The molecule has 0 spiro atoms. The summed E-state index contributed by atoms with van der Waals surface area (Å²) in [5.41, 5.74) is -0.378. The van der Waals surface area contributed by atoms with Crippen LogP contribution in [0.25, 0.3) is 0 Å². The van der Waals surface area contributed by atoms with E-state index in [0.29, 0.717) is 12.3 Å². The molecule has 0 bridgehead atoms. The fraction of sp³-hybridized carbons (Fsp3) is 0.778. The molecule has 82 valence electrons. The van der Waals surface area contributed by atoms with Gasteiger partial charge in [-0.2, -0.15) is 0 Å². The van der Waals surface area contributed by atoms with Crippen LogP contribution in [0.2, 0.25) is 0 Å². The molecular weight excluding hydrogens is 202 g/mol. The summed E-state index contributed by atoms with van der Waals surface area (Å²) < 4.78 is 0.